The van der Waals surface area contributed by atoms with E-state index in [2.05, 4.69) is 22.8 Å². The van der Waals surface area contributed by atoms with E-state index >= 15 is 0 Å². The average Bonchev–Trinajstić information content (AvgIpc) is 2.83. The van der Waals surface area contributed by atoms with Crippen LogP contribution in [0.4, 0.5) is 0 Å². The molecule has 0 spiro atoms. The molecule has 0 atom stereocenters. The van der Waals surface area contributed by atoms with E-state index in [0.29, 0.717) is 12.5 Å². The molecule has 0 aromatic carbocycles. The second-order valence-electron chi connectivity index (χ2n) is 6.24. The van der Waals surface area contributed by atoms with Crippen molar-refractivity contribution in [1.29, 1.82) is 0 Å². The van der Waals surface area contributed by atoms with E-state index in [9.17, 15) is 9.59 Å². The lowest BCUT2D eigenvalue weighted by molar-refractivity contribution is -0.146. The van der Waals surface area contributed by atoms with Gasteiger partial charge in [0.15, 0.2) is 0 Å². The van der Waals surface area contributed by atoms with Gasteiger partial charge in [-0.05, 0) is 45.6 Å². The Balaban J connectivity index is 1.74. The van der Waals surface area contributed by atoms with Crippen LogP contribution in [0.25, 0.3) is 0 Å². The minimum Gasteiger partial charge on any atom is -0.466 e. The number of amides is 1. The summed E-state index contributed by atoms with van der Waals surface area (Å²) in [5.41, 5.74) is 2.24. The predicted octanol–water partition coefficient (Wildman–Crippen LogP) is 2.08. The monoisotopic (exact) mass is 321 g/mol. The molecule has 128 valence electrons. The first kappa shape index (κ1) is 17.5. The van der Waals surface area contributed by atoms with Crippen LogP contribution in [0.2, 0.25) is 0 Å². The average molecular weight is 321 g/mol. The van der Waals surface area contributed by atoms with Crippen molar-refractivity contribution in [3.63, 3.8) is 0 Å². The molecule has 1 aliphatic rings. The first-order valence-corrected chi connectivity index (χ1v) is 8.44. The summed E-state index contributed by atoms with van der Waals surface area (Å²) in [4.78, 5) is 25.3. The van der Waals surface area contributed by atoms with Crippen LogP contribution in [0, 0.1) is 19.8 Å². The predicted molar refractivity (Wildman–Crippen MR) is 86.9 cm³/mol. The van der Waals surface area contributed by atoms with E-state index in [4.69, 9.17) is 4.74 Å². The lowest BCUT2D eigenvalue weighted by Crippen LogP contribution is -2.39. The van der Waals surface area contributed by atoms with Gasteiger partial charge in [-0.1, -0.05) is 0 Å². The number of rotatable bonds is 6. The number of carbonyl (C=O) groups is 2. The van der Waals surface area contributed by atoms with E-state index in [1.54, 1.807) is 6.92 Å². The molecule has 0 aliphatic carbocycles. The zero-order valence-electron chi connectivity index (χ0n) is 14.4. The van der Waals surface area contributed by atoms with Gasteiger partial charge in [0, 0.05) is 31.7 Å². The van der Waals surface area contributed by atoms with Gasteiger partial charge >= 0.3 is 5.97 Å². The summed E-state index contributed by atoms with van der Waals surface area (Å²) >= 11 is 0. The third-order valence-corrected chi connectivity index (χ3v) is 4.35. The van der Waals surface area contributed by atoms with Gasteiger partial charge in [0.1, 0.15) is 0 Å². The fourth-order valence-electron chi connectivity index (χ4n) is 3.07. The molecule has 0 N–H and O–H groups in total. The second-order valence-corrected chi connectivity index (χ2v) is 6.24. The molecule has 1 fully saturated rings. The summed E-state index contributed by atoms with van der Waals surface area (Å²) < 4.78 is 6.92. The lowest BCUT2D eigenvalue weighted by Gasteiger charge is -2.32. The maximum Gasteiger partial charge on any atom is 0.306 e. The highest BCUT2D eigenvalue weighted by atomic mass is 16.5. The van der Waals surface area contributed by atoms with Crippen molar-refractivity contribution >= 4 is 11.9 Å². The van der Waals surface area contributed by atoms with Crippen molar-refractivity contribution in [1.82, 2.24) is 14.7 Å². The number of likely N-dealkylation sites (tertiary alicyclic amines) is 1. The summed E-state index contributed by atoms with van der Waals surface area (Å²) in [6.07, 6.45) is 2.41. The number of aromatic nitrogens is 2. The minimum absolute atomic E-state index is 0.0580. The lowest BCUT2D eigenvalue weighted by atomic mass is 9.96. The number of carbonyl (C=O) groups excluding carboxylic acids is 2. The topological polar surface area (TPSA) is 64.4 Å². The van der Waals surface area contributed by atoms with Crippen molar-refractivity contribution in [2.45, 2.75) is 53.0 Å². The molecule has 23 heavy (non-hydrogen) atoms. The molecule has 1 aromatic rings. The smallest absolute Gasteiger partial charge is 0.306 e. The summed E-state index contributed by atoms with van der Waals surface area (Å²) in [6.45, 7) is 8.68. The van der Waals surface area contributed by atoms with Crippen LogP contribution >= 0.6 is 0 Å². The fraction of sp³-hybridized carbons (Fsp3) is 0.706. The normalized spacial score (nSPS) is 15.7. The Hall–Kier alpha value is -1.85. The standard InChI is InChI=1S/C17H27N3O3/c1-4-23-17(22)6-5-16(21)19-9-7-15(8-10-19)12-20-14(3)11-13(2)18-20/h11,15H,4-10,12H2,1-3H3. The van der Waals surface area contributed by atoms with Crippen LogP contribution in [-0.4, -0.2) is 46.3 Å². The quantitative estimate of drug-likeness (QED) is 0.753. The van der Waals surface area contributed by atoms with Gasteiger partial charge in [-0.25, -0.2) is 0 Å². The first-order valence-electron chi connectivity index (χ1n) is 8.44. The summed E-state index contributed by atoms with van der Waals surface area (Å²) in [6, 6.07) is 2.09. The summed E-state index contributed by atoms with van der Waals surface area (Å²) in [7, 11) is 0. The molecular weight excluding hydrogens is 294 g/mol. The molecule has 6 nitrogen and oxygen atoms in total. The van der Waals surface area contributed by atoms with Gasteiger partial charge in [-0.2, -0.15) is 5.10 Å². The summed E-state index contributed by atoms with van der Waals surface area (Å²) in [5.74, 6) is 0.324. The Labute approximate surface area is 137 Å². The number of ether oxygens (including phenoxy) is 1. The molecule has 0 saturated carbocycles. The Bertz CT molecular complexity index is 545. The molecule has 2 rings (SSSR count). The Morgan fingerprint density at radius 3 is 2.52 bits per heavy atom. The molecular formula is C17H27N3O3. The van der Waals surface area contributed by atoms with Crippen molar-refractivity contribution in [3.05, 3.63) is 17.5 Å². The van der Waals surface area contributed by atoms with Gasteiger partial charge in [0.05, 0.1) is 18.7 Å². The fourth-order valence-corrected chi connectivity index (χ4v) is 3.07. The first-order chi connectivity index (χ1) is 11.0. The maximum atomic E-state index is 12.1. The molecule has 0 bridgehead atoms. The van der Waals surface area contributed by atoms with Gasteiger partial charge in [0.2, 0.25) is 5.91 Å². The molecule has 0 unspecified atom stereocenters. The summed E-state index contributed by atoms with van der Waals surface area (Å²) in [5, 5.41) is 4.51. The second kappa shape index (κ2) is 8.13. The van der Waals surface area contributed by atoms with Crippen LogP contribution in [0.5, 0.6) is 0 Å². The van der Waals surface area contributed by atoms with Gasteiger partial charge in [-0.15, -0.1) is 0 Å². The number of hydrogen-bond donors (Lipinski definition) is 0. The maximum absolute atomic E-state index is 12.1. The zero-order valence-corrected chi connectivity index (χ0v) is 14.4. The van der Waals surface area contributed by atoms with Crippen molar-refractivity contribution in [2.75, 3.05) is 19.7 Å². The molecule has 1 amide bonds. The van der Waals surface area contributed by atoms with Crippen LogP contribution in [0.1, 0.15) is 44.0 Å². The molecule has 1 aliphatic heterocycles. The largest absolute Gasteiger partial charge is 0.466 e. The highest BCUT2D eigenvalue weighted by Gasteiger charge is 2.24. The van der Waals surface area contributed by atoms with Gasteiger partial charge in [-0.3, -0.25) is 14.3 Å². The van der Waals surface area contributed by atoms with E-state index in [1.165, 1.54) is 5.69 Å². The molecule has 2 heterocycles. The van der Waals surface area contributed by atoms with E-state index < -0.39 is 0 Å². The zero-order chi connectivity index (χ0) is 16.8. The number of aryl methyl sites for hydroxylation is 2. The molecule has 0 radical (unpaired) electrons. The Morgan fingerprint density at radius 1 is 1.26 bits per heavy atom. The van der Waals surface area contributed by atoms with Crippen molar-refractivity contribution < 1.29 is 14.3 Å². The van der Waals surface area contributed by atoms with Crippen LogP contribution in [-0.2, 0) is 20.9 Å². The number of piperidine rings is 1. The number of hydrogen-bond acceptors (Lipinski definition) is 4. The molecule has 6 heteroatoms. The third-order valence-electron chi connectivity index (χ3n) is 4.35. The van der Waals surface area contributed by atoms with Crippen molar-refractivity contribution in [2.24, 2.45) is 5.92 Å². The van der Waals surface area contributed by atoms with Gasteiger partial charge in [0.25, 0.3) is 0 Å². The van der Waals surface area contributed by atoms with Crippen molar-refractivity contribution in [3.8, 4) is 0 Å². The van der Waals surface area contributed by atoms with E-state index in [0.717, 1.165) is 38.2 Å². The van der Waals surface area contributed by atoms with E-state index in [-0.39, 0.29) is 24.7 Å². The number of esters is 1. The van der Waals surface area contributed by atoms with E-state index in [1.807, 2.05) is 11.8 Å². The van der Waals surface area contributed by atoms with Crippen LogP contribution in [0.3, 0.4) is 0 Å². The third kappa shape index (κ3) is 5.08. The van der Waals surface area contributed by atoms with Crippen LogP contribution in [0.15, 0.2) is 6.07 Å². The molecule has 1 saturated heterocycles. The van der Waals surface area contributed by atoms with Crippen LogP contribution < -0.4 is 0 Å². The Kier molecular flexibility index (Phi) is 6.19. The Morgan fingerprint density at radius 2 is 1.96 bits per heavy atom. The number of nitrogens with zero attached hydrogens (tertiary/aromatic N) is 3. The highest BCUT2D eigenvalue weighted by Crippen LogP contribution is 2.20. The minimum atomic E-state index is -0.291. The SMILES string of the molecule is CCOC(=O)CCC(=O)N1CCC(Cn2nc(C)cc2C)CC1. The van der Waals surface area contributed by atoms with Gasteiger partial charge < -0.3 is 9.64 Å². The molecule has 1 aromatic heterocycles. The highest BCUT2D eigenvalue weighted by molar-refractivity contribution is 5.81.